The van der Waals surface area contributed by atoms with E-state index < -0.39 is 18.1 Å². The molecule has 0 bridgehead atoms. The number of hydrogen-bond acceptors (Lipinski definition) is 3. The van der Waals surface area contributed by atoms with Gasteiger partial charge in [0.15, 0.2) is 0 Å². The predicted molar refractivity (Wildman–Crippen MR) is 96.3 cm³/mol. The number of likely N-dealkylation sites (tertiary alicyclic amines) is 1. The van der Waals surface area contributed by atoms with E-state index in [1.54, 1.807) is 6.07 Å². The molecule has 0 saturated carbocycles. The highest BCUT2D eigenvalue weighted by Gasteiger charge is 2.38. The number of carbonyl (C=O) groups is 1. The maximum Gasteiger partial charge on any atom is 0.320 e. The van der Waals surface area contributed by atoms with Crippen LogP contribution in [0.5, 0.6) is 5.75 Å². The van der Waals surface area contributed by atoms with Crippen LogP contribution in [0, 0.1) is 5.82 Å². The van der Waals surface area contributed by atoms with Crippen molar-refractivity contribution < 1.29 is 19.0 Å². The van der Waals surface area contributed by atoms with Crippen LogP contribution >= 0.6 is 15.9 Å². The van der Waals surface area contributed by atoms with Gasteiger partial charge in [-0.2, -0.15) is 0 Å². The average Bonchev–Trinajstić information content (AvgIpc) is 3.07. The van der Waals surface area contributed by atoms with Crippen LogP contribution < -0.4 is 4.74 Å². The van der Waals surface area contributed by atoms with Crippen molar-refractivity contribution in [3.63, 3.8) is 0 Å². The van der Waals surface area contributed by atoms with Crippen LogP contribution in [0.15, 0.2) is 46.9 Å². The molecule has 1 fully saturated rings. The standard InChI is InChI=1S/C19H19BrFNO3/c1-25-17-9-8-12(21)11-14(17)18(13-5-2-3-6-15(13)20)22-10-4-7-16(22)19(23)24/h2-3,5-6,8-9,11,16,18H,4,7,10H2,1H3,(H,23,24). The maximum atomic E-state index is 14.0. The van der Waals surface area contributed by atoms with Crippen LogP contribution in [-0.2, 0) is 4.79 Å². The number of carboxylic acids is 1. The Balaban J connectivity index is 2.18. The zero-order valence-corrected chi connectivity index (χ0v) is 15.4. The summed E-state index contributed by atoms with van der Waals surface area (Å²) in [4.78, 5) is 13.6. The molecule has 25 heavy (non-hydrogen) atoms. The number of carboxylic acid groups (broad SMARTS) is 1. The van der Waals surface area contributed by atoms with Crippen LogP contribution in [-0.4, -0.2) is 35.7 Å². The number of benzene rings is 2. The molecule has 2 atom stereocenters. The first kappa shape index (κ1) is 17.9. The third-order valence-corrected chi connectivity index (χ3v) is 5.32. The lowest BCUT2D eigenvalue weighted by Gasteiger charge is -2.33. The third-order valence-electron chi connectivity index (χ3n) is 4.60. The van der Waals surface area contributed by atoms with Crippen molar-refractivity contribution in [1.82, 2.24) is 4.90 Å². The second-order valence-electron chi connectivity index (χ2n) is 6.04. The Morgan fingerprint density at radius 2 is 2.08 bits per heavy atom. The molecule has 2 unspecified atom stereocenters. The molecular weight excluding hydrogens is 389 g/mol. The van der Waals surface area contributed by atoms with Gasteiger partial charge in [0.2, 0.25) is 0 Å². The van der Waals surface area contributed by atoms with Gasteiger partial charge in [-0.05, 0) is 42.7 Å². The number of rotatable bonds is 5. The van der Waals surface area contributed by atoms with Crippen molar-refractivity contribution in [3.05, 3.63) is 63.9 Å². The second-order valence-corrected chi connectivity index (χ2v) is 6.90. The van der Waals surface area contributed by atoms with Gasteiger partial charge in [0, 0.05) is 16.6 Å². The first-order chi connectivity index (χ1) is 12.0. The van der Waals surface area contributed by atoms with E-state index in [1.807, 2.05) is 29.2 Å². The topological polar surface area (TPSA) is 49.8 Å². The van der Waals surface area contributed by atoms with Crippen LogP contribution in [0.4, 0.5) is 4.39 Å². The van der Waals surface area contributed by atoms with E-state index in [1.165, 1.54) is 19.2 Å². The zero-order chi connectivity index (χ0) is 18.0. The maximum absolute atomic E-state index is 14.0. The summed E-state index contributed by atoms with van der Waals surface area (Å²) in [6.07, 6.45) is 1.36. The molecule has 0 amide bonds. The molecule has 4 nitrogen and oxygen atoms in total. The van der Waals surface area contributed by atoms with Crippen molar-refractivity contribution in [2.45, 2.75) is 24.9 Å². The number of halogens is 2. The van der Waals surface area contributed by atoms with Crippen molar-refractivity contribution in [1.29, 1.82) is 0 Å². The van der Waals surface area contributed by atoms with Gasteiger partial charge in [-0.15, -0.1) is 0 Å². The molecule has 0 aromatic heterocycles. The molecule has 0 aliphatic carbocycles. The molecule has 132 valence electrons. The van der Waals surface area contributed by atoms with Crippen molar-refractivity contribution in [2.75, 3.05) is 13.7 Å². The number of nitrogens with zero attached hydrogens (tertiary/aromatic N) is 1. The highest BCUT2D eigenvalue weighted by molar-refractivity contribution is 9.10. The normalized spacial score (nSPS) is 18.9. The van der Waals surface area contributed by atoms with Gasteiger partial charge < -0.3 is 9.84 Å². The Hall–Kier alpha value is -1.92. The largest absolute Gasteiger partial charge is 0.496 e. The molecule has 6 heteroatoms. The minimum absolute atomic E-state index is 0.376. The SMILES string of the molecule is COc1ccc(F)cc1C(c1ccccc1Br)N1CCCC1C(=O)O. The Morgan fingerprint density at radius 3 is 2.76 bits per heavy atom. The molecule has 0 radical (unpaired) electrons. The molecule has 3 rings (SSSR count). The third kappa shape index (κ3) is 3.55. The van der Waals surface area contributed by atoms with E-state index >= 15 is 0 Å². The van der Waals surface area contributed by atoms with Gasteiger partial charge in [-0.1, -0.05) is 34.1 Å². The molecule has 2 aromatic carbocycles. The Bertz CT molecular complexity index is 783. The Labute approximate surface area is 154 Å². The van der Waals surface area contributed by atoms with Gasteiger partial charge in [0.1, 0.15) is 17.6 Å². The second kappa shape index (κ2) is 7.54. The molecular formula is C19H19BrFNO3. The number of hydrogen-bond donors (Lipinski definition) is 1. The summed E-state index contributed by atoms with van der Waals surface area (Å²) in [5.41, 5.74) is 1.52. The first-order valence-corrected chi connectivity index (χ1v) is 8.88. The summed E-state index contributed by atoms with van der Waals surface area (Å²) >= 11 is 3.55. The Morgan fingerprint density at radius 1 is 1.32 bits per heavy atom. The van der Waals surface area contributed by atoms with Crippen LogP contribution in [0.1, 0.15) is 30.0 Å². The van der Waals surface area contributed by atoms with E-state index in [0.717, 1.165) is 16.5 Å². The lowest BCUT2D eigenvalue weighted by molar-refractivity contribution is -0.142. The van der Waals surface area contributed by atoms with E-state index in [4.69, 9.17) is 4.74 Å². The Kier molecular flexibility index (Phi) is 5.39. The smallest absolute Gasteiger partial charge is 0.320 e. The molecule has 1 saturated heterocycles. The summed E-state index contributed by atoms with van der Waals surface area (Å²) < 4.78 is 20.3. The van der Waals surface area contributed by atoms with Crippen molar-refractivity contribution in [3.8, 4) is 5.75 Å². The molecule has 1 aliphatic heterocycles. The van der Waals surface area contributed by atoms with Gasteiger partial charge in [-0.3, -0.25) is 9.69 Å². The van der Waals surface area contributed by atoms with E-state index in [-0.39, 0.29) is 5.82 Å². The summed E-state index contributed by atoms with van der Waals surface area (Å²) in [7, 11) is 1.53. The van der Waals surface area contributed by atoms with Gasteiger partial charge in [-0.25, -0.2) is 4.39 Å². The van der Waals surface area contributed by atoms with E-state index in [9.17, 15) is 14.3 Å². The van der Waals surface area contributed by atoms with E-state index in [0.29, 0.717) is 24.3 Å². The van der Waals surface area contributed by atoms with Crippen LogP contribution in [0.25, 0.3) is 0 Å². The first-order valence-electron chi connectivity index (χ1n) is 8.09. The fourth-order valence-electron chi connectivity index (χ4n) is 3.50. The summed E-state index contributed by atoms with van der Waals surface area (Å²) in [5, 5.41) is 9.62. The monoisotopic (exact) mass is 407 g/mol. The van der Waals surface area contributed by atoms with Crippen LogP contribution in [0.3, 0.4) is 0 Å². The van der Waals surface area contributed by atoms with Crippen LogP contribution in [0.2, 0.25) is 0 Å². The lowest BCUT2D eigenvalue weighted by Crippen LogP contribution is -2.39. The fraction of sp³-hybridized carbons (Fsp3) is 0.316. The summed E-state index contributed by atoms with van der Waals surface area (Å²) in [5.74, 6) is -0.693. The molecule has 1 aliphatic rings. The molecule has 1 heterocycles. The summed E-state index contributed by atoms with van der Waals surface area (Å²) in [6.45, 7) is 0.628. The number of methoxy groups -OCH3 is 1. The van der Waals surface area contributed by atoms with Gasteiger partial charge in [0.25, 0.3) is 0 Å². The van der Waals surface area contributed by atoms with E-state index in [2.05, 4.69) is 15.9 Å². The van der Waals surface area contributed by atoms with Gasteiger partial charge in [0.05, 0.1) is 13.2 Å². The average molecular weight is 408 g/mol. The highest BCUT2D eigenvalue weighted by Crippen LogP contribution is 2.41. The molecule has 1 N–H and O–H groups in total. The molecule has 0 spiro atoms. The minimum Gasteiger partial charge on any atom is -0.496 e. The number of aliphatic carboxylic acids is 1. The predicted octanol–water partition coefficient (Wildman–Crippen LogP) is 4.24. The summed E-state index contributed by atoms with van der Waals surface area (Å²) in [6, 6.07) is 11.0. The zero-order valence-electron chi connectivity index (χ0n) is 13.8. The highest BCUT2D eigenvalue weighted by atomic mass is 79.9. The molecule has 2 aromatic rings. The van der Waals surface area contributed by atoms with Crippen molar-refractivity contribution in [2.24, 2.45) is 0 Å². The minimum atomic E-state index is -0.857. The number of ether oxygens (including phenoxy) is 1. The fourth-order valence-corrected chi connectivity index (χ4v) is 4.01. The van der Waals surface area contributed by atoms with Crippen molar-refractivity contribution >= 4 is 21.9 Å². The lowest BCUT2D eigenvalue weighted by atomic mass is 9.95. The quantitative estimate of drug-likeness (QED) is 0.805. The van der Waals surface area contributed by atoms with Gasteiger partial charge >= 0.3 is 5.97 Å².